The van der Waals surface area contributed by atoms with Crippen LogP contribution in [0.1, 0.15) is 35.7 Å². The summed E-state index contributed by atoms with van der Waals surface area (Å²) in [6, 6.07) is 7.30. The van der Waals surface area contributed by atoms with E-state index in [0.717, 1.165) is 16.3 Å². The molecule has 6 nitrogen and oxygen atoms in total. The third-order valence-corrected chi connectivity index (χ3v) is 5.90. The lowest BCUT2D eigenvalue weighted by Crippen LogP contribution is -2.36. The number of benzene rings is 1. The van der Waals surface area contributed by atoms with Gasteiger partial charge in [0.05, 0.1) is 24.1 Å². The molecule has 0 aliphatic carbocycles. The van der Waals surface area contributed by atoms with Gasteiger partial charge in [0.15, 0.2) is 0 Å². The van der Waals surface area contributed by atoms with Gasteiger partial charge in [-0.15, -0.1) is 11.3 Å². The average molecular weight is 388 g/mol. The Hall–Kier alpha value is -2.41. The summed E-state index contributed by atoms with van der Waals surface area (Å²) in [5, 5.41) is 6.00. The zero-order chi connectivity index (χ0) is 19.4. The van der Waals surface area contributed by atoms with Crippen molar-refractivity contribution in [2.45, 2.75) is 32.7 Å². The van der Waals surface area contributed by atoms with Gasteiger partial charge in [0.25, 0.3) is 0 Å². The van der Waals surface area contributed by atoms with Crippen molar-refractivity contribution in [1.29, 1.82) is 0 Å². The number of aryl methyl sites for hydroxylation is 1. The maximum atomic E-state index is 12.9. The molecule has 0 saturated carbocycles. The van der Waals surface area contributed by atoms with Crippen molar-refractivity contribution < 1.29 is 14.3 Å². The lowest BCUT2D eigenvalue weighted by atomic mass is 9.92. The van der Waals surface area contributed by atoms with Gasteiger partial charge in [-0.1, -0.05) is 18.2 Å². The lowest BCUT2D eigenvalue weighted by molar-refractivity contribution is -0.129. The number of ether oxygens (including phenoxy) is 1. The molecule has 1 aromatic heterocycles. The molecule has 1 aliphatic heterocycles. The molecule has 1 aliphatic rings. The monoisotopic (exact) mass is 387 g/mol. The highest BCUT2D eigenvalue weighted by Crippen LogP contribution is 2.41. The Kier molecular flexibility index (Phi) is 6.11. The number of hydrogen-bond acceptors (Lipinski definition) is 5. The minimum Gasteiger partial charge on any atom is -0.496 e. The second kappa shape index (κ2) is 8.52. The number of rotatable bonds is 7. The smallest absolute Gasteiger partial charge is 0.226 e. The van der Waals surface area contributed by atoms with Crippen LogP contribution in [0.15, 0.2) is 29.6 Å². The van der Waals surface area contributed by atoms with Gasteiger partial charge < -0.3 is 15.0 Å². The fraction of sp³-hybridized carbons (Fsp3) is 0.450. The van der Waals surface area contributed by atoms with Crippen LogP contribution in [0.25, 0.3) is 0 Å². The van der Waals surface area contributed by atoms with E-state index in [4.69, 9.17) is 4.74 Å². The number of hydrogen-bond donors (Lipinski definition) is 1. The first-order valence-corrected chi connectivity index (χ1v) is 10.0. The van der Waals surface area contributed by atoms with Crippen LogP contribution < -0.4 is 10.1 Å². The Balaban J connectivity index is 1.75. The van der Waals surface area contributed by atoms with Crippen LogP contribution in [0, 0.1) is 12.8 Å². The standard InChI is InChI=1S/C20H25N3O3S/c1-4-23-18(24)11-15(19(23)14-7-5-6-8-16(14)26-3)20(25)21-10-9-17-22-13(2)12-27-17/h5-8,12,15,19H,4,9-11H2,1-3H3,(H,21,25)/t15-,19+/m1/s1. The molecular formula is C20H25N3O3S. The van der Waals surface area contributed by atoms with Gasteiger partial charge >= 0.3 is 0 Å². The minimum atomic E-state index is -0.424. The summed E-state index contributed by atoms with van der Waals surface area (Å²) >= 11 is 1.60. The normalized spacial score (nSPS) is 19.4. The third kappa shape index (κ3) is 4.13. The number of likely N-dealkylation sites (tertiary alicyclic amines) is 1. The number of para-hydroxylation sites is 1. The van der Waals surface area contributed by atoms with E-state index in [9.17, 15) is 9.59 Å². The molecule has 144 valence electrons. The first-order valence-electron chi connectivity index (χ1n) is 9.16. The number of carbonyl (C=O) groups is 2. The summed E-state index contributed by atoms with van der Waals surface area (Å²) in [4.78, 5) is 31.6. The highest BCUT2D eigenvalue weighted by atomic mass is 32.1. The summed E-state index contributed by atoms with van der Waals surface area (Å²) in [5.74, 6) is 0.186. The SMILES string of the molecule is CCN1C(=O)C[C@@H](C(=O)NCCc2nc(C)cs2)[C@@H]1c1ccccc1OC. The molecular weight excluding hydrogens is 362 g/mol. The lowest BCUT2D eigenvalue weighted by Gasteiger charge is -2.28. The van der Waals surface area contributed by atoms with Crippen LogP contribution in [0.4, 0.5) is 0 Å². The van der Waals surface area contributed by atoms with E-state index in [1.54, 1.807) is 23.3 Å². The maximum absolute atomic E-state index is 12.9. The van der Waals surface area contributed by atoms with E-state index >= 15 is 0 Å². The van der Waals surface area contributed by atoms with Crippen LogP contribution in [0.3, 0.4) is 0 Å². The van der Waals surface area contributed by atoms with E-state index in [1.165, 1.54) is 0 Å². The molecule has 0 spiro atoms. The van der Waals surface area contributed by atoms with Crippen molar-refractivity contribution in [2.75, 3.05) is 20.2 Å². The van der Waals surface area contributed by atoms with Crippen molar-refractivity contribution in [2.24, 2.45) is 5.92 Å². The van der Waals surface area contributed by atoms with E-state index in [2.05, 4.69) is 10.3 Å². The molecule has 1 aromatic carbocycles. The molecule has 0 radical (unpaired) electrons. The summed E-state index contributed by atoms with van der Waals surface area (Å²) in [5.41, 5.74) is 1.88. The molecule has 1 saturated heterocycles. The molecule has 2 atom stereocenters. The summed E-state index contributed by atoms with van der Waals surface area (Å²) < 4.78 is 5.48. The Labute approximate surface area is 163 Å². The zero-order valence-corrected chi connectivity index (χ0v) is 16.7. The van der Waals surface area contributed by atoms with Gasteiger partial charge in [0.2, 0.25) is 11.8 Å². The molecule has 2 aromatic rings. The number of aromatic nitrogens is 1. The first kappa shape index (κ1) is 19.4. The van der Waals surface area contributed by atoms with Crippen molar-refractivity contribution in [3.05, 3.63) is 45.9 Å². The summed E-state index contributed by atoms with van der Waals surface area (Å²) in [7, 11) is 1.61. The highest BCUT2D eigenvalue weighted by molar-refractivity contribution is 7.09. The molecule has 27 heavy (non-hydrogen) atoms. The first-order chi connectivity index (χ1) is 13.0. The van der Waals surface area contributed by atoms with Crippen LogP contribution in [0.2, 0.25) is 0 Å². The Morgan fingerprint density at radius 1 is 1.41 bits per heavy atom. The van der Waals surface area contributed by atoms with Crippen molar-refractivity contribution in [1.82, 2.24) is 15.2 Å². The fourth-order valence-corrected chi connectivity index (χ4v) is 4.41. The molecule has 1 fully saturated rings. The number of carbonyl (C=O) groups excluding carboxylic acids is 2. The van der Waals surface area contributed by atoms with Gasteiger partial charge in [0, 0.05) is 42.6 Å². The van der Waals surface area contributed by atoms with E-state index in [0.29, 0.717) is 25.3 Å². The Morgan fingerprint density at radius 2 is 2.19 bits per heavy atom. The van der Waals surface area contributed by atoms with Crippen molar-refractivity contribution in [3.63, 3.8) is 0 Å². The molecule has 1 N–H and O–H groups in total. The van der Waals surface area contributed by atoms with Crippen molar-refractivity contribution >= 4 is 23.2 Å². The minimum absolute atomic E-state index is 0.00380. The fourth-order valence-electron chi connectivity index (χ4n) is 3.64. The highest BCUT2D eigenvalue weighted by Gasteiger charge is 2.44. The predicted octanol–water partition coefficient (Wildman–Crippen LogP) is 2.73. The largest absolute Gasteiger partial charge is 0.496 e. The number of nitrogens with zero attached hydrogens (tertiary/aromatic N) is 2. The number of nitrogens with one attached hydrogen (secondary N) is 1. The third-order valence-electron chi connectivity index (χ3n) is 4.87. The van der Waals surface area contributed by atoms with Crippen LogP contribution in [-0.4, -0.2) is 41.9 Å². The van der Waals surface area contributed by atoms with E-state index in [-0.39, 0.29) is 24.3 Å². The van der Waals surface area contributed by atoms with Gasteiger partial charge in [-0.05, 0) is 19.9 Å². The van der Waals surface area contributed by atoms with Gasteiger partial charge in [0.1, 0.15) is 5.75 Å². The predicted molar refractivity (Wildman–Crippen MR) is 105 cm³/mol. The zero-order valence-electron chi connectivity index (χ0n) is 15.9. The van der Waals surface area contributed by atoms with Gasteiger partial charge in [-0.3, -0.25) is 9.59 Å². The molecule has 0 unspecified atom stereocenters. The average Bonchev–Trinajstić information content (AvgIpc) is 3.24. The van der Waals surface area contributed by atoms with Crippen LogP contribution in [0.5, 0.6) is 5.75 Å². The van der Waals surface area contributed by atoms with E-state index < -0.39 is 5.92 Å². The number of thiazole rings is 1. The topological polar surface area (TPSA) is 71.5 Å². The molecule has 3 rings (SSSR count). The second-order valence-corrected chi connectivity index (χ2v) is 7.54. The van der Waals surface area contributed by atoms with Crippen molar-refractivity contribution in [3.8, 4) is 5.75 Å². The van der Waals surface area contributed by atoms with Gasteiger partial charge in [-0.25, -0.2) is 4.98 Å². The number of methoxy groups -OCH3 is 1. The summed E-state index contributed by atoms with van der Waals surface area (Å²) in [6.45, 7) is 4.97. The van der Waals surface area contributed by atoms with Crippen LogP contribution >= 0.6 is 11.3 Å². The summed E-state index contributed by atoms with van der Waals surface area (Å²) in [6.07, 6.45) is 0.917. The Bertz CT molecular complexity index is 820. The molecule has 2 heterocycles. The quantitative estimate of drug-likeness (QED) is 0.793. The maximum Gasteiger partial charge on any atom is 0.226 e. The van der Waals surface area contributed by atoms with E-state index in [1.807, 2.05) is 43.5 Å². The molecule has 2 amide bonds. The molecule has 0 bridgehead atoms. The molecule has 7 heteroatoms. The van der Waals surface area contributed by atoms with Gasteiger partial charge in [-0.2, -0.15) is 0 Å². The number of amides is 2. The second-order valence-electron chi connectivity index (χ2n) is 6.60. The Morgan fingerprint density at radius 3 is 2.85 bits per heavy atom. The van der Waals surface area contributed by atoms with Crippen LogP contribution in [-0.2, 0) is 16.0 Å².